The van der Waals surface area contributed by atoms with Crippen molar-refractivity contribution < 1.29 is 24.2 Å². The Hall–Kier alpha value is -2.51. The summed E-state index contributed by atoms with van der Waals surface area (Å²) in [6.45, 7) is 1.42. The van der Waals surface area contributed by atoms with E-state index in [9.17, 15) is 14.7 Å². The number of para-hydroxylation sites is 1. The number of carbonyl (C=O) groups excluding carboxylic acids is 2. The van der Waals surface area contributed by atoms with Crippen LogP contribution in [-0.2, 0) is 14.3 Å². The summed E-state index contributed by atoms with van der Waals surface area (Å²) in [6, 6.07) is 14.3. The minimum absolute atomic E-state index is 0.201. The van der Waals surface area contributed by atoms with Crippen LogP contribution in [0.2, 0.25) is 0 Å². The maximum atomic E-state index is 11.9. The minimum atomic E-state index is -1.37. The second-order valence-electron chi connectivity index (χ2n) is 5.46. The third-order valence-electron chi connectivity index (χ3n) is 3.63. The van der Waals surface area contributed by atoms with Crippen LogP contribution in [0.5, 0.6) is 5.75 Å². The van der Waals surface area contributed by atoms with E-state index in [-0.39, 0.29) is 5.91 Å². The summed E-state index contributed by atoms with van der Waals surface area (Å²) in [5.74, 6) is -0.258. The fourth-order valence-corrected chi connectivity index (χ4v) is 3.56. The number of thioether (sulfide) groups is 1. The van der Waals surface area contributed by atoms with Gasteiger partial charge >= 0.3 is 5.97 Å². The van der Waals surface area contributed by atoms with Crippen LogP contribution in [0.4, 0.5) is 5.69 Å². The van der Waals surface area contributed by atoms with Gasteiger partial charge in [-0.2, -0.15) is 0 Å². The Bertz CT molecular complexity index is 763. The van der Waals surface area contributed by atoms with Crippen molar-refractivity contribution in [3.05, 3.63) is 54.1 Å². The van der Waals surface area contributed by atoms with Gasteiger partial charge in [0.1, 0.15) is 5.75 Å². The second-order valence-corrected chi connectivity index (χ2v) is 6.64. The van der Waals surface area contributed by atoms with Crippen LogP contribution in [0, 0.1) is 0 Å². The summed E-state index contributed by atoms with van der Waals surface area (Å²) in [7, 11) is 2.79. The van der Waals surface area contributed by atoms with E-state index in [2.05, 4.69) is 5.32 Å². The summed E-state index contributed by atoms with van der Waals surface area (Å²) in [5, 5.41) is 12.6. The molecule has 2 N–H and O–H groups in total. The van der Waals surface area contributed by atoms with Gasteiger partial charge in [-0.05, 0) is 29.8 Å². The van der Waals surface area contributed by atoms with E-state index in [1.807, 2.05) is 12.1 Å². The van der Waals surface area contributed by atoms with E-state index >= 15 is 0 Å². The van der Waals surface area contributed by atoms with Crippen LogP contribution in [0.15, 0.2) is 53.4 Å². The fraction of sp³-hybridized carbons (Fsp3) is 0.263. The van der Waals surface area contributed by atoms with E-state index in [0.717, 1.165) is 10.5 Å². The van der Waals surface area contributed by atoms with Crippen molar-refractivity contribution in [2.75, 3.05) is 19.5 Å². The highest BCUT2D eigenvalue weighted by Gasteiger charge is 2.30. The summed E-state index contributed by atoms with van der Waals surface area (Å²) in [6.07, 6.45) is -1.37. The van der Waals surface area contributed by atoms with E-state index < -0.39 is 17.3 Å². The highest BCUT2D eigenvalue weighted by Crippen LogP contribution is 2.41. The van der Waals surface area contributed by atoms with Gasteiger partial charge in [0.2, 0.25) is 5.91 Å². The fourth-order valence-electron chi connectivity index (χ4n) is 2.35. The molecular formula is C19H21NO5S. The lowest BCUT2D eigenvalue weighted by Gasteiger charge is -2.22. The number of methoxy groups -OCH3 is 2. The molecule has 26 heavy (non-hydrogen) atoms. The predicted octanol–water partition coefficient (Wildman–Crippen LogP) is 3.02. The Labute approximate surface area is 156 Å². The van der Waals surface area contributed by atoms with E-state index in [1.54, 1.807) is 43.5 Å². The van der Waals surface area contributed by atoms with Crippen LogP contribution in [0.3, 0.4) is 0 Å². The minimum Gasteiger partial charge on any atom is -0.497 e. The number of anilines is 1. The Balaban J connectivity index is 2.38. The first-order valence-corrected chi connectivity index (χ1v) is 8.77. The highest BCUT2D eigenvalue weighted by atomic mass is 32.2. The van der Waals surface area contributed by atoms with E-state index in [0.29, 0.717) is 11.4 Å². The zero-order valence-corrected chi connectivity index (χ0v) is 15.6. The molecule has 2 unspecified atom stereocenters. The first kappa shape index (κ1) is 19.8. The lowest BCUT2D eigenvalue weighted by atomic mass is 10.1. The second kappa shape index (κ2) is 9.26. The zero-order chi connectivity index (χ0) is 19.1. The van der Waals surface area contributed by atoms with Gasteiger partial charge in [0, 0.05) is 11.8 Å². The molecule has 0 radical (unpaired) electrons. The Kier molecular flexibility index (Phi) is 7.06. The number of ether oxygens (including phenoxy) is 2. The maximum Gasteiger partial charge on any atom is 0.336 e. The summed E-state index contributed by atoms with van der Waals surface area (Å²) in [4.78, 5) is 24.1. The highest BCUT2D eigenvalue weighted by molar-refractivity contribution is 7.99. The van der Waals surface area contributed by atoms with Crippen molar-refractivity contribution in [1.82, 2.24) is 0 Å². The molecule has 2 atom stereocenters. The summed E-state index contributed by atoms with van der Waals surface area (Å²) >= 11 is 1.27. The lowest BCUT2D eigenvalue weighted by Crippen LogP contribution is -2.27. The Morgan fingerprint density at radius 3 is 2.31 bits per heavy atom. The number of hydrogen-bond acceptors (Lipinski definition) is 6. The van der Waals surface area contributed by atoms with Gasteiger partial charge in [-0.15, -0.1) is 11.8 Å². The van der Waals surface area contributed by atoms with E-state index in [4.69, 9.17) is 9.47 Å². The average Bonchev–Trinajstić information content (AvgIpc) is 2.65. The van der Waals surface area contributed by atoms with Gasteiger partial charge in [-0.3, -0.25) is 4.79 Å². The van der Waals surface area contributed by atoms with Gasteiger partial charge < -0.3 is 19.9 Å². The molecule has 0 heterocycles. The van der Waals surface area contributed by atoms with Gasteiger partial charge in [0.15, 0.2) is 6.10 Å². The van der Waals surface area contributed by atoms with Crippen LogP contribution >= 0.6 is 11.8 Å². The predicted molar refractivity (Wildman–Crippen MR) is 100 cm³/mol. The first-order chi connectivity index (χ1) is 12.5. The smallest absolute Gasteiger partial charge is 0.336 e. The number of aliphatic hydroxyl groups excluding tert-OH is 1. The molecule has 0 saturated carbocycles. The molecule has 1 amide bonds. The molecule has 2 aromatic carbocycles. The number of benzene rings is 2. The van der Waals surface area contributed by atoms with Crippen LogP contribution < -0.4 is 10.1 Å². The molecule has 0 aromatic heterocycles. The molecular weight excluding hydrogens is 354 g/mol. The van der Waals surface area contributed by atoms with E-state index in [1.165, 1.54) is 25.8 Å². The molecule has 6 nitrogen and oxygen atoms in total. The number of carbonyl (C=O) groups is 2. The molecule has 0 saturated heterocycles. The quantitative estimate of drug-likeness (QED) is 0.572. The Morgan fingerprint density at radius 1 is 1.08 bits per heavy atom. The molecule has 2 rings (SSSR count). The topological polar surface area (TPSA) is 84.9 Å². The Morgan fingerprint density at radius 2 is 1.73 bits per heavy atom. The molecule has 7 heteroatoms. The number of nitrogens with one attached hydrogen (secondary N) is 1. The summed E-state index contributed by atoms with van der Waals surface area (Å²) in [5.41, 5.74) is 1.34. The van der Waals surface area contributed by atoms with Gasteiger partial charge in [0.05, 0.1) is 25.2 Å². The molecule has 2 aromatic rings. The van der Waals surface area contributed by atoms with Crippen LogP contribution in [0.1, 0.15) is 17.7 Å². The molecule has 0 bridgehead atoms. The van der Waals surface area contributed by atoms with Crippen LogP contribution in [-0.4, -0.2) is 37.3 Å². The van der Waals surface area contributed by atoms with Crippen molar-refractivity contribution in [1.29, 1.82) is 0 Å². The number of amides is 1. The molecule has 0 aliphatic heterocycles. The monoisotopic (exact) mass is 375 g/mol. The normalized spacial score (nSPS) is 12.8. The van der Waals surface area contributed by atoms with Crippen molar-refractivity contribution in [3.8, 4) is 5.75 Å². The maximum absolute atomic E-state index is 11.9. The largest absolute Gasteiger partial charge is 0.497 e. The van der Waals surface area contributed by atoms with Gasteiger partial charge in [-0.1, -0.05) is 24.3 Å². The van der Waals surface area contributed by atoms with Crippen molar-refractivity contribution >= 4 is 29.3 Å². The van der Waals surface area contributed by atoms with Crippen LogP contribution in [0.25, 0.3) is 0 Å². The molecule has 0 spiro atoms. The zero-order valence-electron chi connectivity index (χ0n) is 14.8. The molecule has 0 aliphatic carbocycles. The molecule has 0 fully saturated rings. The number of rotatable bonds is 7. The number of aliphatic hydroxyl groups is 1. The third kappa shape index (κ3) is 5.00. The number of hydrogen-bond donors (Lipinski definition) is 2. The molecule has 0 aliphatic rings. The van der Waals surface area contributed by atoms with Crippen molar-refractivity contribution in [3.63, 3.8) is 0 Å². The summed E-state index contributed by atoms with van der Waals surface area (Å²) < 4.78 is 9.85. The lowest BCUT2D eigenvalue weighted by molar-refractivity contribution is -0.150. The average molecular weight is 375 g/mol. The van der Waals surface area contributed by atoms with Crippen molar-refractivity contribution in [2.24, 2.45) is 0 Å². The SMILES string of the molecule is COC(=O)C(O)C(Sc1ccccc1NC(C)=O)c1ccc(OC)cc1. The number of esters is 1. The van der Waals surface area contributed by atoms with Gasteiger partial charge in [0.25, 0.3) is 0 Å². The van der Waals surface area contributed by atoms with Crippen molar-refractivity contribution in [2.45, 2.75) is 23.2 Å². The third-order valence-corrected chi connectivity index (χ3v) is 5.02. The molecule has 138 valence electrons. The first-order valence-electron chi connectivity index (χ1n) is 7.89. The standard InChI is InChI=1S/C19H21NO5S/c1-12(21)20-15-6-4-5-7-16(15)26-18(17(22)19(23)25-3)13-8-10-14(24-2)11-9-13/h4-11,17-18,22H,1-3H3,(H,20,21). The van der Waals surface area contributed by atoms with Gasteiger partial charge in [-0.25, -0.2) is 4.79 Å².